The van der Waals surface area contributed by atoms with E-state index in [-0.39, 0.29) is 0 Å². The molecular formula is C14H10N4. The number of para-hydroxylation sites is 1. The van der Waals surface area contributed by atoms with Crippen molar-refractivity contribution in [2.24, 2.45) is 0 Å². The molecule has 2 aromatic heterocycles. The number of nitrogens with zero attached hydrogens (tertiary/aromatic N) is 4. The molecule has 0 radical (unpaired) electrons. The van der Waals surface area contributed by atoms with Crippen molar-refractivity contribution in [1.29, 1.82) is 5.26 Å². The van der Waals surface area contributed by atoms with E-state index in [4.69, 9.17) is 5.26 Å². The molecule has 86 valence electrons. The van der Waals surface area contributed by atoms with E-state index >= 15 is 0 Å². The number of fused-ring (bicyclic) bond motifs is 1. The second-order valence-corrected chi connectivity index (χ2v) is 3.98. The van der Waals surface area contributed by atoms with E-state index < -0.39 is 0 Å². The van der Waals surface area contributed by atoms with Crippen LogP contribution in [0.2, 0.25) is 0 Å². The van der Waals surface area contributed by atoms with Crippen molar-refractivity contribution in [3.63, 3.8) is 0 Å². The molecule has 1 aromatic carbocycles. The van der Waals surface area contributed by atoms with Gasteiger partial charge in [-0.15, -0.1) is 0 Å². The molecule has 0 aliphatic carbocycles. The van der Waals surface area contributed by atoms with Gasteiger partial charge in [-0.1, -0.05) is 24.3 Å². The number of aromatic nitrogens is 3. The molecule has 0 saturated heterocycles. The number of hydrogen-bond acceptors (Lipinski definition) is 3. The van der Waals surface area contributed by atoms with E-state index in [9.17, 15) is 0 Å². The summed E-state index contributed by atoms with van der Waals surface area (Å²) in [7, 11) is 0. The average molecular weight is 234 g/mol. The van der Waals surface area contributed by atoms with E-state index in [1.54, 1.807) is 18.6 Å². The van der Waals surface area contributed by atoms with Gasteiger partial charge in [0.1, 0.15) is 6.07 Å². The van der Waals surface area contributed by atoms with Gasteiger partial charge in [0, 0.05) is 24.0 Å². The second kappa shape index (κ2) is 4.30. The molecule has 0 spiro atoms. The van der Waals surface area contributed by atoms with Gasteiger partial charge in [-0.25, -0.2) is 4.98 Å². The molecule has 3 rings (SSSR count). The van der Waals surface area contributed by atoms with Crippen molar-refractivity contribution in [2.75, 3.05) is 0 Å². The minimum absolute atomic E-state index is 0.419. The third-order valence-electron chi connectivity index (χ3n) is 2.87. The lowest BCUT2D eigenvalue weighted by molar-refractivity contribution is 0.785. The Labute approximate surface area is 104 Å². The number of benzene rings is 1. The first-order valence-electron chi connectivity index (χ1n) is 5.62. The van der Waals surface area contributed by atoms with Crippen LogP contribution < -0.4 is 0 Å². The monoisotopic (exact) mass is 234 g/mol. The van der Waals surface area contributed by atoms with Gasteiger partial charge in [-0.05, 0) is 11.6 Å². The van der Waals surface area contributed by atoms with Gasteiger partial charge in [-0.3, -0.25) is 4.98 Å². The van der Waals surface area contributed by atoms with Crippen molar-refractivity contribution in [3.05, 3.63) is 60.3 Å². The smallest absolute Gasteiger partial charge is 0.213 e. The molecular weight excluding hydrogens is 224 g/mol. The van der Waals surface area contributed by atoms with Crippen molar-refractivity contribution in [2.45, 2.75) is 6.54 Å². The zero-order valence-electron chi connectivity index (χ0n) is 9.61. The number of imidazole rings is 1. The summed E-state index contributed by atoms with van der Waals surface area (Å²) in [5.74, 6) is 0.419. The first-order chi connectivity index (χ1) is 8.88. The average Bonchev–Trinajstić information content (AvgIpc) is 2.86. The van der Waals surface area contributed by atoms with Crippen molar-refractivity contribution >= 4 is 10.9 Å². The molecule has 0 aliphatic rings. The summed E-state index contributed by atoms with van der Waals surface area (Å²) >= 11 is 0. The van der Waals surface area contributed by atoms with Crippen LogP contribution in [0.3, 0.4) is 0 Å². The molecule has 2 heterocycles. The van der Waals surface area contributed by atoms with Gasteiger partial charge < -0.3 is 4.57 Å². The van der Waals surface area contributed by atoms with Gasteiger partial charge in [-0.2, -0.15) is 5.26 Å². The van der Waals surface area contributed by atoms with E-state index in [0.717, 1.165) is 16.5 Å². The van der Waals surface area contributed by atoms with Gasteiger partial charge in [0.15, 0.2) is 0 Å². The number of hydrogen-bond donors (Lipinski definition) is 0. The van der Waals surface area contributed by atoms with Crippen LogP contribution in [0.1, 0.15) is 11.4 Å². The van der Waals surface area contributed by atoms with E-state index in [1.165, 1.54) is 0 Å². The third-order valence-corrected chi connectivity index (χ3v) is 2.87. The summed E-state index contributed by atoms with van der Waals surface area (Å²) in [5.41, 5.74) is 2.06. The third kappa shape index (κ3) is 1.72. The zero-order chi connectivity index (χ0) is 12.4. The minimum Gasteiger partial charge on any atom is -0.318 e. The summed E-state index contributed by atoms with van der Waals surface area (Å²) < 4.78 is 1.82. The van der Waals surface area contributed by atoms with Crippen LogP contribution >= 0.6 is 0 Å². The van der Waals surface area contributed by atoms with E-state index in [0.29, 0.717) is 12.4 Å². The fourth-order valence-electron chi connectivity index (χ4n) is 2.03. The largest absolute Gasteiger partial charge is 0.318 e. The molecule has 0 atom stereocenters. The number of pyridine rings is 1. The summed E-state index contributed by atoms with van der Waals surface area (Å²) in [6, 6.07) is 12.1. The van der Waals surface area contributed by atoms with Crippen LogP contribution in [0.4, 0.5) is 0 Å². The summed E-state index contributed by atoms with van der Waals surface area (Å²) in [5, 5.41) is 10.1. The highest BCUT2D eigenvalue weighted by Gasteiger charge is 2.05. The molecule has 0 bridgehead atoms. The molecule has 0 saturated carbocycles. The van der Waals surface area contributed by atoms with Crippen LogP contribution in [0.15, 0.2) is 48.9 Å². The molecule has 3 aromatic rings. The lowest BCUT2D eigenvalue weighted by Crippen LogP contribution is -2.02. The Bertz CT molecular complexity index is 731. The maximum atomic E-state index is 8.95. The predicted molar refractivity (Wildman–Crippen MR) is 67.8 cm³/mol. The van der Waals surface area contributed by atoms with Crippen LogP contribution in [0.5, 0.6) is 0 Å². The predicted octanol–water partition coefficient (Wildman–Crippen LogP) is 2.35. The van der Waals surface area contributed by atoms with Crippen LogP contribution in [-0.4, -0.2) is 14.5 Å². The number of rotatable bonds is 2. The lowest BCUT2D eigenvalue weighted by Gasteiger charge is -2.07. The number of nitriles is 1. The fourth-order valence-corrected chi connectivity index (χ4v) is 2.03. The lowest BCUT2D eigenvalue weighted by atomic mass is 10.1. The highest BCUT2D eigenvalue weighted by molar-refractivity contribution is 5.81. The zero-order valence-corrected chi connectivity index (χ0v) is 9.61. The van der Waals surface area contributed by atoms with Crippen LogP contribution in [-0.2, 0) is 6.54 Å². The molecule has 4 heteroatoms. The SMILES string of the molecule is N#Cc1nccn1Cc1cccc2cccnc12. The molecule has 4 nitrogen and oxygen atoms in total. The first-order valence-corrected chi connectivity index (χ1v) is 5.62. The second-order valence-electron chi connectivity index (χ2n) is 3.98. The topological polar surface area (TPSA) is 54.5 Å². The Morgan fingerprint density at radius 2 is 2.00 bits per heavy atom. The Kier molecular flexibility index (Phi) is 2.50. The summed E-state index contributed by atoms with van der Waals surface area (Å²) in [4.78, 5) is 8.39. The normalized spacial score (nSPS) is 10.4. The van der Waals surface area contributed by atoms with Gasteiger partial charge >= 0.3 is 0 Å². The summed E-state index contributed by atoms with van der Waals surface area (Å²) in [6.45, 7) is 0.608. The molecule has 0 aliphatic heterocycles. The molecule has 18 heavy (non-hydrogen) atoms. The van der Waals surface area contributed by atoms with Gasteiger partial charge in [0.2, 0.25) is 5.82 Å². The van der Waals surface area contributed by atoms with Gasteiger partial charge in [0.05, 0.1) is 12.1 Å². The van der Waals surface area contributed by atoms with E-state index in [1.807, 2.05) is 34.9 Å². The Morgan fingerprint density at radius 1 is 1.11 bits per heavy atom. The Hall–Kier alpha value is -2.67. The summed E-state index contributed by atoms with van der Waals surface area (Å²) in [6.07, 6.45) is 5.22. The van der Waals surface area contributed by atoms with Crippen LogP contribution in [0.25, 0.3) is 10.9 Å². The standard InChI is InChI=1S/C14H10N4/c15-9-13-16-7-8-18(13)10-12-4-1-3-11-5-2-6-17-14(11)12/h1-8H,10H2. The van der Waals surface area contributed by atoms with E-state index in [2.05, 4.69) is 16.0 Å². The molecule has 0 fully saturated rings. The highest BCUT2D eigenvalue weighted by Crippen LogP contribution is 2.17. The van der Waals surface area contributed by atoms with Crippen molar-refractivity contribution in [3.8, 4) is 6.07 Å². The minimum atomic E-state index is 0.419. The molecule has 0 N–H and O–H groups in total. The van der Waals surface area contributed by atoms with Gasteiger partial charge in [0.25, 0.3) is 0 Å². The maximum Gasteiger partial charge on any atom is 0.213 e. The first kappa shape index (κ1) is 10.5. The Balaban J connectivity index is 2.08. The highest BCUT2D eigenvalue weighted by atomic mass is 15.1. The fraction of sp³-hybridized carbons (Fsp3) is 0.0714. The molecule has 0 amide bonds. The van der Waals surface area contributed by atoms with Crippen molar-refractivity contribution < 1.29 is 0 Å². The quantitative estimate of drug-likeness (QED) is 0.684. The van der Waals surface area contributed by atoms with Crippen molar-refractivity contribution in [1.82, 2.24) is 14.5 Å². The maximum absolute atomic E-state index is 8.95. The molecule has 0 unspecified atom stereocenters. The Morgan fingerprint density at radius 3 is 2.89 bits per heavy atom. The van der Waals surface area contributed by atoms with Crippen LogP contribution in [0, 0.1) is 11.3 Å².